The van der Waals surface area contributed by atoms with Gasteiger partial charge < -0.3 is 15.2 Å². The standard InChI is InChI=1S/C19H31N5O.ClH/c1-23-10-9-21-17(23)13-24(14-18(25)22-12-15-3-2-4-15)16-11-19(16)5-7-20-8-6-19;/h9-10,15-16,20H,2-8,11-14H2,1H3,(H,22,25);1H. The molecule has 1 unspecified atom stereocenters. The number of hydrogen-bond donors (Lipinski definition) is 2. The lowest BCUT2D eigenvalue weighted by molar-refractivity contribution is -0.123. The monoisotopic (exact) mass is 381 g/mol. The average Bonchev–Trinajstić information content (AvgIpc) is 3.08. The highest BCUT2D eigenvalue weighted by Crippen LogP contribution is 2.55. The van der Waals surface area contributed by atoms with E-state index in [0.29, 0.717) is 23.9 Å². The van der Waals surface area contributed by atoms with Crippen molar-refractivity contribution in [1.29, 1.82) is 0 Å². The van der Waals surface area contributed by atoms with E-state index in [4.69, 9.17) is 0 Å². The van der Waals surface area contributed by atoms with Crippen LogP contribution in [0.2, 0.25) is 0 Å². The summed E-state index contributed by atoms with van der Waals surface area (Å²) in [6.45, 7) is 4.34. The SMILES string of the molecule is Cl.Cn1ccnc1CN(CC(=O)NCC1CCC1)C1CC12CCNCC2. The first-order valence-electron chi connectivity index (χ1n) is 9.84. The van der Waals surface area contributed by atoms with Gasteiger partial charge in [-0.25, -0.2) is 4.98 Å². The Morgan fingerprint density at radius 3 is 2.81 bits per heavy atom. The molecule has 7 heteroatoms. The van der Waals surface area contributed by atoms with Gasteiger partial charge in [0.25, 0.3) is 0 Å². The number of carbonyl (C=O) groups is 1. The number of aromatic nitrogens is 2. The van der Waals surface area contributed by atoms with E-state index < -0.39 is 0 Å². The summed E-state index contributed by atoms with van der Waals surface area (Å²) in [4.78, 5) is 19.4. The molecule has 3 fully saturated rings. The number of piperidine rings is 1. The molecule has 0 aromatic carbocycles. The summed E-state index contributed by atoms with van der Waals surface area (Å²) < 4.78 is 2.07. The Kier molecular flexibility index (Phi) is 6.25. The van der Waals surface area contributed by atoms with E-state index in [1.54, 1.807) is 0 Å². The van der Waals surface area contributed by atoms with Gasteiger partial charge in [0.05, 0.1) is 13.1 Å². The fourth-order valence-corrected chi connectivity index (χ4v) is 4.51. The smallest absolute Gasteiger partial charge is 0.234 e. The number of imidazole rings is 1. The van der Waals surface area contributed by atoms with Crippen molar-refractivity contribution in [3.8, 4) is 0 Å². The lowest BCUT2D eigenvalue weighted by Crippen LogP contribution is -2.43. The highest BCUT2D eigenvalue weighted by molar-refractivity contribution is 5.85. The third kappa shape index (κ3) is 4.24. The predicted molar refractivity (Wildman–Crippen MR) is 104 cm³/mol. The minimum absolute atomic E-state index is 0. The number of aryl methyl sites for hydroxylation is 1. The summed E-state index contributed by atoms with van der Waals surface area (Å²) in [6.07, 6.45) is 11.4. The molecule has 1 aromatic rings. The van der Waals surface area contributed by atoms with Crippen molar-refractivity contribution in [3.05, 3.63) is 18.2 Å². The van der Waals surface area contributed by atoms with Gasteiger partial charge in [0.15, 0.2) is 0 Å². The third-order valence-electron chi connectivity index (χ3n) is 6.61. The zero-order valence-electron chi connectivity index (χ0n) is 15.7. The van der Waals surface area contributed by atoms with Crippen LogP contribution in [0, 0.1) is 11.3 Å². The molecule has 2 heterocycles. The Balaban J connectivity index is 0.00000196. The first-order valence-corrected chi connectivity index (χ1v) is 9.84. The van der Waals surface area contributed by atoms with Gasteiger partial charge in [0.2, 0.25) is 5.91 Å². The van der Waals surface area contributed by atoms with Crippen LogP contribution in [0.1, 0.15) is 44.3 Å². The zero-order chi connectivity index (χ0) is 17.3. The van der Waals surface area contributed by atoms with Crippen molar-refractivity contribution in [2.75, 3.05) is 26.2 Å². The molecule has 146 valence electrons. The maximum atomic E-state index is 12.5. The summed E-state index contributed by atoms with van der Waals surface area (Å²) in [5.41, 5.74) is 0.435. The number of nitrogens with one attached hydrogen (secondary N) is 2. The van der Waals surface area contributed by atoms with Crippen molar-refractivity contribution in [2.45, 2.75) is 51.1 Å². The second-order valence-electron chi connectivity index (χ2n) is 8.29. The molecule has 2 aliphatic carbocycles. The number of hydrogen-bond acceptors (Lipinski definition) is 4. The molecule has 1 spiro atoms. The minimum Gasteiger partial charge on any atom is -0.355 e. The predicted octanol–water partition coefficient (Wildman–Crippen LogP) is 1.70. The van der Waals surface area contributed by atoms with E-state index in [9.17, 15) is 4.79 Å². The molecule has 0 bridgehead atoms. The molecule has 1 saturated heterocycles. The van der Waals surface area contributed by atoms with Crippen LogP contribution in [0.25, 0.3) is 0 Å². The summed E-state index contributed by atoms with van der Waals surface area (Å²) >= 11 is 0. The first kappa shape index (κ1) is 19.6. The fourth-order valence-electron chi connectivity index (χ4n) is 4.51. The summed E-state index contributed by atoms with van der Waals surface area (Å²) in [7, 11) is 2.03. The average molecular weight is 382 g/mol. The lowest BCUT2D eigenvalue weighted by Gasteiger charge is -2.30. The van der Waals surface area contributed by atoms with Crippen molar-refractivity contribution in [2.24, 2.45) is 18.4 Å². The molecule has 1 aromatic heterocycles. The van der Waals surface area contributed by atoms with Crippen LogP contribution in [0.4, 0.5) is 0 Å². The molecule has 4 rings (SSSR count). The minimum atomic E-state index is 0. The Labute approximate surface area is 162 Å². The van der Waals surface area contributed by atoms with Gasteiger partial charge in [-0.05, 0) is 56.5 Å². The van der Waals surface area contributed by atoms with Crippen LogP contribution < -0.4 is 10.6 Å². The van der Waals surface area contributed by atoms with Gasteiger partial charge >= 0.3 is 0 Å². The number of nitrogens with zero attached hydrogens (tertiary/aromatic N) is 3. The second kappa shape index (κ2) is 8.28. The van der Waals surface area contributed by atoms with Crippen LogP contribution in [0.3, 0.4) is 0 Å². The molecule has 1 aliphatic heterocycles. The highest BCUT2D eigenvalue weighted by Gasteiger charge is 2.56. The molecule has 3 aliphatic rings. The van der Waals surface area contributed by atoms with Gasteiger partial charge in [-0.2, -0.15) is 0 Å². The molecule has 0 radical (unpaired) electrons. The van der Waals surface area contributed by atoms with Crippen LogP contribution in [-0.2, 0) is 18.4 Å². The molecule has 26 heavy (non-hydrogen) atoms. The maximum absolute atomic E-state index is 12.5. The Bertz CT molecular complexity index is 609. The molecule has 6 nitrogen and oxygen atoms in total. The summed E-state index contributed by atoms with van der Waals surface area (Å²) in [6, 6.07) is 0.528. The van der Waals surface area contributed by atoms with E-state index in [1.807, 2.05) is 19.4 Å². The number of halogens is 1. The molecule has 1 atom stereocenters. The Hall–Kier alpha value is -1.11. The third-order valence-corrected chi connectivity index (χ3v) is 6.61. The number of amides is 1. The number of rotatable bonds is 7. The van der Waals surface area contributed by atoms with Crippen LogP contribution in [0.5, 0.6) is 0 Å². The lowest BCUT2D eigenvalue weighted by atomic mass is 9.85. The van der Waals surface area contributed by atoms with E-state index in [2.05, 4.69) is 25.1 Å². The second-order valence-corrected chi connectivity index (χ2v) is 8.29. The van der Waals surface area contributed by atoms with Crippen molar-refractivity contribution >= 4 is 18.3 Å². The summed E-state index contributed by atoms with van der Waals surface area (Å²) in [5, 5.41) is 6.63. The van der Waals surface area contributed by atoms with Gasteiger partial charge in [-0.15, -0.1) is 12.4 Å². The van der Waals surface area contributed by atoms with Crippen LogP contribution in [-0.4, -0.2) is 52.6 Å². The Morgan fingerprint density at radius 1 is 1.42 bits per heavy atom. The van der Waals surface area contributed by atoms with Gasteiger partial charge in [0, 0.05) is 32.0 Å². The van der Waals surface area contributed by atoms with Crippen LogP contribution in [0.15, 0.2) is 12.4 Å². The molecule has 2 N–H and O–H groups in total. The molecular formula is C19H32ClN5O. The van der Waals surface area contributed by atoms with Gasteiger partial charge in [-0.1, -0.05) is 6.42 Å². The normalized spacial score (nSPS) is 24.2. The largest absolute Gasteiger partial charge is 0.355 e. The van der Waals surface area contributed by atoms with Crippen molar-refractivity contribution in [1.82, 2.24) is 25.1 Å². The van der Waals surface area contributed by atoms with Gasteiger partial charge in [-0.3, -0.25) is 9.69 Å². The molecular weight excluding hydrogens is 350 g/mol. The van der Waals surface area contributed by atoms with Gasteiger partial charge in [0.1, 0.15) is 5.82 Å². The van der Waals surface area contributed by atoms with Crippen molar-refractivity contribution in [3.63, 3.8) is 0 Å². The van der Waals surface area contributed by atoms with E-state index in [1.165, 1.54) is 38.5 Å². The van der Waals surface area contributed by atoms with Crippen molar-refractivity contribution < 1.29 is 4.79 Å². The molecule has 1 amide bonds. The quantitative estimate of drug-likeness (QED) is 0.754. The maximum Gasteiger partial charge on any atom is 0.234 e. The zero-order valence-corrected chi connectivity index (χ0v) is 16.6. The molecule has 2 saturated carbocycles. The first-order chi connectivity index (χ1) is 12.2. The topological polar surface area (TPSA) is 62.2 Å². The van der Waals surface area contributed by atoms with E-state index in [-0.39, 0.29) is 18.3 Å². The highest BCUT2D eigenvalue weighted by atomic mass is 35.5. The van der Waals surface area contributed by atoms with E-state index in [0.717, 1.165) is 32.0 Å². The Morgan fingerprint density at radius 2 is 2.19 bits per heavy atom. The summed E-state index contributed by atoms with van der Waals surface area (Å²) in [5.74, 6) is 1.93. The number of carbonyl (C=O) groups excluding carboxylic acids is 1. The van der Waals surface area contributed by atoms with E-state index >= 15 is 0 Å². The fraction of sp³-hybridized carbons (Fsp3) is 0.789. The van der Waals surface area contributed by atoms with Crippen LogP contribution >= 0.6 is 12.4 Å².